The normalized spacial score (nSPS) is 22.4. The molecule has 0 spiro atoms. The summed E-state index contributed by atoms with van der Waals surface area (Å²) in [5, 5.41) is 0.826. The molecule has 1 aliphatic carbocycles. The number of hydrogen-bond acceptors (Lipinski definition) is 2. The first kappa shape index (κ1) is 14.4. The maximum Gasteiger partial charge on any atom is 0.157 e. The molecule has 1 saturated carbocycles. The number of halogens is 1. The summed E-state index contributed by atoms with van der Waals surface area (Å²) in [7, 11) is 0. The van der Waals surface area contributed by atoms with Crippen molar-refractivity contribution in [1.29, 1.82) is 0 Å². The average Bonchev–Trinajstić information content (AvgIpc) is 2.44. The molecule has 0 aromatic heterocycles. The Bertz CT molecular complexity index is 419. The van der Waals surface area contributed by atoms with Gasteiger partial charge in [0.25, 0.3) is 0 Å². The maximum atomic E-state index is 6.00. The molecular formula is C17H23ClO2. The van der Waals surface area contributed by atoms with Crippen molar-refractivity contribution in [3.05, 3.63) is 34.9 Å². The van der Waals surface area contributed by atoms with Crippen LogP contribution >= 0.6 is 11.6 Å². The molecule has 1 aliphatic heterocycles. The lowest BCUT2D eigenvalue weighted by molar-refractivity contribution is -0.182. The van der Waals surface area contributed by atoms with Crippen LogP contribution in [0.1, 0.15) is 50.5 Å². The van der Waals surface area contributed by atoms with Gasteiger partial charge in [0.15, 0.2) is 6.29 Å². The molecule has 0 amide bonds. The Hall–Kier alpha value is -0.570. The molecule has 1 aromatic rings. The van der Waals surface area contributed by atoms with Gasteiger partial charge in [-0.3, -0.25) is 0 Å². The Morgan fingerprint density at radius 3 is 2.35 bits per heavy atom. The van der Waals surface area contributed by atoms with E-state index in [1.54, 1.807) is 0 Å². The van der Waals surface area contributed by atoms with E-state index in [0.29, 0.717) is 5.41 Å². The van der Waals surface area contributed by atoms with Gasteiger partial charge in [-0.05, 0) is 61.6 Å². The molecule has 3 rings (SSSR count). The molecule has 2 nitrogen and oxygen atoms in total. The number of ether oxygens (including phenoxy) is 2. The predicted octanol–water partition coefficient (Wildman–Crippen LogP) is 4.70. The van der Waals surface area contributed by atoms with Gasteiger partial charge in [0, 0.05) is 5.02 Å². The Morgan fingerprint density at radius 1 is 1.05 bits per heavy atom. The second-order valence-corrected chi connectivity index (χ2v) is 6.49. The van der Waals surface area contributed by atoms with Crippen LogP contribution in [0.3, 0.4) is 0 Å². The third kappa shape index (κ3) is 3.19. The van der Waals surface area contributed by atoms with Gasteiger partial charge < -0.3 is 9.47 Å². The van der Waals surface area contributed by atoms with Gasteiger partial charge in [-0.2, -0.15) is 0 Å². The van der Waals surface area contributed by atoms with Crippen LogP contribution in [0.4, 0.5) is 0 Å². The first-order valence-electron chi connectivity index (χ1n) is 7.78. The highest BCUT2D eigenvalue weighted by Gasteiger charge is 2.38. The van der Waals surface area contributed by atoms with Gasteiger partial charge in [-0.1, -0.05) is 30.2 Å². The second-order valence-electron chi connectivity index (χ2n) is 6.06. The lowest BCUT2D eigenvalue weighted by Crippen LogP contribution is -2.34. The summed E-state index contributed by atoms with van der Waals surface area (Å²) < 4.78 is 11.3. The summed E-state index contributed by atoms with van der Waals surface area (Å²) in [5.74, 6) is 0. The molecule has 0 unspecified atom stereocenters. The Labute approximate surface area is 126 Å². The van der Waals surface area contributed by atoms with Crippen LogP contribution in [0.25, 0.3) is 0 Å². The van der Waals surface area contributed by atoms with E-state index in [4.69, 9.17) is 21.1 Å². The van der Waals surface area contributed by atoms with Crippen molar-refractivity contribution in [2.45, 2.75) is 56.7 Å². The molecule has 1 saturated heterocycles. The van der Waals surface area contributed by atoms with E-state index in [2.05, 4.69) is 12.1 Å². The average molecular weight is 295 g/mol. The third-order valence-electron chi connectivity index (χ3n) is 4.76. The zero-order chi connectivity index (χ0) is 13.8. The lowest BCUT2D eigenvalue weighted by atomic mass is 9.62. The van der Waals surface area contributed by atoms with Crippen LogP contribution in [0.2, 0.25) is 5.02 Å². The van der Waals surface area contributed by atoms with Crippen molar-refractivity contribution < 1.29 is 9.47 Å². The Morgan fingerprint density at radius 2 is 1.75 bits per heavy atom. The van der Waals surface area contributed by atoms with Crippen LogP contribution in [0.5, 0.6) is 0 Å². The largest absolute Gasteiger partial charge is 0.353 e. The van der Waals surface area contributed by atoms with Gasteiger partial charge in [0.05, 0.1) is 13.2 Å². The monoisotopic (exact) mass is 294 g/mol. The highest BCUT2D eigenvalue weighted by atomic mass is 35.5. The van der Waals surface area contributed by atoms with E-state index in [9.17, 15) is 0 Å². The smallest absolute Gasteiger partial charge is 0.157 e. The highest BCUT2D eigenvalue weighted by Crippen LogP contribution is 2.47. The van der Waals surface area contributed by atoms with Gasteiger partial charge in [0.1, 0.15) is 0 Å². The summed E-state index contributed by atoms with van der Waals surface area (Å²) in [5.41, 5.74) is 1.85. The number of benzene rings is 1. The summed E-state index contributed by atoms with van der Waals surface area (Å²) >= 11 is 6.00. The van der Waals surface area contributed by atoms with Crippen molar-refractivity contribution in [3.8, 4) is 0 Å². The quantitative estimate of drug-likeness (QED) is 0.784. The molecule has 2 aliphatic rings. The molecule has 0 radical (unpaired) electrons. The highest BCUT2D eigenvalue weighted by molar-refractivity contribution is 6.30. The standard InChI is InChI=1S/C17H23ClO2/c18-15-7-5-14(6-8-15)17(10-2-11-17)9-1-4-16-19-12-3-13-20-16/h5-8,16H,1-4,9-13H2. The fourth-order valence-electron chi connectivity index (χ4n) is 3.40. The summed E-state index contributed by atoms with van der Waals surface area (Å²) in [6.45, 7) is 1.71. The molecule has 1 heterocycles. The van der Waals surface area contributed by atoms with Crippen molar-refractivity contribution in [1.82, 2.24) is 0 Å². The molecule has 0 bridgehead atoms. The van der Waals surface area contributed by atoms with Crippen LogP contribution in [0, 0.1) is 0 Å². The number of rotatable bonds is 5. The molecule has 20 heavy (non-hydrogen) atoms. The summed E-state index contributed by atoms with van der Waals surface area (Å²) in [6, 6.07) is 8.44. The molecule has 1 aromatic carbocycles. The minimum atomic E-state index is 0.0334. The van der Waals surface area contributed by atoms with Gasteiger partial charge >= 0.3 is 0 Å². The van der Waals surface area contributed by atoms with Crippen LogP contribution in [-0.2, 0) is 14.9 Å². The van der Waals surface area contributed by atoms with E-state index < -0.39 is 0 Å². The zero-order valence-corrected chi connectivity index (χ0v) is 12.7. The van der Waals surface area contributed by atoms with Crippen LogP contribution < -0.4 is 0 Å². The first-order chi connectivity index (χ1) is 9.78. The van der Waals surface area contributed by atoms with Gasteiger partial charge in [0.2, 0.25) is 0 Å². The van der Waals surface area contributed by atoms with Crippen LogP contribution in [0.15, 0.2) is 24.3 Å². The molecule has 2 fully saturated rings. The Balaban J connectivity index is 1.54. The van der Waals surface area contributed by atoms with Crippen molar-refractivity contribution in [2.24, 2.45) is 0 Å². The minimum absolute atomic E-state index is 0.0334. The van der Waals surface area contributed by atoms with E-state index in [1.165, 1.54) is 37.7 Å². The fraction of sp³-hybridized carbons (Fsp3) is 0.647. The molecule has 3 heteroatoms. The third-order valence-corrected chi connectivity index (χ3v) is 5.01. The minimum Gasteiger partial charge on any atom is -0.353 e. The molecular weight excluding hydrogens is 272 g/mol. The SMILES string of the molecule is Clc1ccc(C2(CCCC3OCCCO3)CCC2)cc1. The van der Waals surface area contributed by atoms with E-state index in [1.807, 2.05) is 12.1 Å². The van der Waals surface area contributed by atoms with Crippen molar-refractivity contribution in [2.75, 3.05) is 13.2 Å². The van der Waals surface area contributed by atoms with Crippen molar-refractivity contribution >= 4 is 11.6 Å². The zero-order valence-electron chi connectivity index (χ0n) is 11.9. The van der Waals surface area contributed by atoms with Gasteiger partial charge in [-0.15, -0.1) is 0 Å². The topological polar surface area (TPSA) is 18.5 Å². The molecule has 110 valence electrons. The maximum absolute atomic E-state index is 6.00. The predicted molar refractivity (Wildman–Crippen MR) is 81.1 cm³/mol. The number of hydrogen-bond donors (Lipinski definition) is 0. The van der Waals surface area contributed by atoms with E-state index in [0.717, 1.165) is 31.1 Å². The van der Waals surface area contributed by atoms with Crippen LogP contribution in [-0.4, -0.2) is 19.5 Å². The fourth-order valence-corrected chi connectivity index (χ4v) is 3.53. The summed E-state index contributed by atoms with van der Waals surface area (Å²) in [6.07, 6.45) is 8.46. The van der Waals surface area contributed by atoms with E-state index >= 15 is 0 Å². The Kier molecular flexibility index (Phi) is 4.65. The van der Waals surface area contributed by atoms with Gasteiger partial charge in [-0.25, -0.2) is 0 Å². The lowest BCUT2D eigenvalue weighted by Gasteiger charge is -2.43. The summed E-state index contributed by atoms with van der Waals surface area (Å²) in [4.78, 5) is 0. The second kappa shape index (κ2) is 6.46. The molecule has 0 atom stereocenters. The van der Waals surface area contributed by atoms with E-state index in [-0.39, 0.29) is 6.29 Å². The molecule has 0 N–H and O–H groups in total. The van der Waals surface area contributed by atoms with Crippen molar-refractivity contribution in [3.63, 3.8) is 0 Å². The first-order valence-corrected chi connectivity index (χ1v) is 8.16.